The first-order chi connectivity index (χ1) is 7.58. The largest absolute Gasteiger partial charge is 0.353 e. The third-order valence-electron chi connectivity index (χ3n) is 4.52. The lowest BCUT2D eigenvalue weighted by atomic mass is 9.77. The van der Waals surface area contributed by atoms with Crippen molar-refractivity contribution in [2.75, 3.05) is 0 Å². The molecule has 2 unspecified atom stereocenters. The van der Waals surface area contributed by atoms with Gasteiger partial charge in [0.1, 0.15) is 0 Å². The van der Waals surface area contributed by atoms with Crippen LogP contribution in [0.15, 0.2) is 0 Å². The van der Waals surface area contributed by atoms with Crippen LogP contribution < -0.4 is 5.32 Å². The Morgan fingerprint density at radius 1 is 1.19 bits per heavy atom. The standard InChI is InChI=1S/C14H25NO/c1-9(2)11-4-6-12(7-5-11)14(16)15-13-8-10(13)3/h9-13H,4-8H2,1-3H3,(H,15,16). The predicted octanol–water partition coefficient (Wildman–Crippen LogP) is 2.97. The maximum atomic E-state index is 12.0. The Bertz CT molecular complexity index is 253. The minimum atomic E-state index is 0.308. The Morgan fingerprint density at radius 3 is 2.19 bits per heavy atom. The topological polar surface area (TPSA) is 29.1 Å². The highest BCUT2D eigenvalue weighted by atomic mass is 16.2. The summed E-state index contributed by atoms with van der Waals surface area (Å²) < 4.78 is 0. The Kier molecular flexibility index (Phi) is 3.56. The van der Waals surface area contributed by atoms with Crippen LogP contribution in [0.25, 0.3) is 0 Å². The van der Waals surface area contributed by atoms with Gasteiger partial charge in [0, 0.05) is 12.0 Å². The molecule has 2 nitrogen and oxygen atoms in total. The SMILES string of the molecule is CC(C)C1CCC(C(=O)NC2CC2C)CC1. The van der Waals surface area contributed by atoms with Gasteiger partial charge in [0.25, 0.3) is 0 Å². The first-order valence-corrected chi connectivity index (χ1v) is 6.88. The van der Waals surface area contributed by atoms with E-state index in [1.807, 2.05) is 0 Å². The van der Waals surface area contributed by atoms with Gasteiger partial charge in [-0.15, -0.1) is 0 Å². The average molecular weight is 223 g/mol. The molecule has 1 amide bonds. The lowest BCUT2D eigenvalue weighted by molar-refractivity contribution is -0.126. The molecular formula is C14H25NO. The zero-order valence-electron chi connectivity index (χ0n) is 10.8. The van der Waals surface area contributed by atoms with E-state index in [0.717, 1.165) is 30.6 Å². The molecule has 2 atom stereocenters. The first-order valence-electron chi connectivity index (χ1n) is 6.88. The molecule has 0 aromatic heterocycles. The van der Waals surface area contributed by atoms with Crippen molar-refractivity contribution < 1.29 is 4.79 Å². The first kappa shape index (κ1) is 11.9. The van der Waals surface area contributed by atoms with Crippen molar-refractivity contribution in [3.8, 4) is 0 Å². The van der Waals surface area contributed by atoms with Gasteiger partial charge in [-0.1, -0.05) is 20.8 Å². The molecule has 0 aliphatic heterocycles. The van der Waals surface area contributed by atoms with E-state index in [2.05, 4.69) is 26.1 Å². The zero-order chi connectivity index (χ0) is 11.7. The number of rotatable bonds is 3. The third kappa shape index (κ3) is 2.78. The van der Waals surface area contributed by atoms with E-state index >= 15 is 0 Å². The normalized spacial score (nSPS) is 38.5. The van der Waals surface area contributed by atoms with Gasteiger partial charge in [0.15, 0.2) is 0 Å². The van der Waals surface area contributed by atoms with Crippen molar-refractivity contribution in [2.24, 2.45) is 23.7 Å². The molecule has 2 heteroatoms. The number of hydrogen-bond donors (Lipinski definition) is 1. The van der Waals surface area contributed by atoms with Crippen LogP contribution in [0.3, 0.4) is 0 Å². The van der Waals surface area contributed by atoms with Crippen molar-refractivity contribution >= 4 is 5.91 Å². The van der Waals surface area contributed by atoms with Crippen molar-refractivity contribution in [3.05, 3.63) is 0 Å². The Hall–Kier alpha value is -0.530. The van der Waals surface area contributed by atoms with Gasteiger partial charge in [-0.3, -0.25) is 4.79 Å². The Labute approximate surface area is 99.2 Å². The molecule has 2 aliphatic rings. The summed E-state index contributed by atoms with van der Waals surface area (Å²) in [5.74, 6) is 2.99. The summed E-state index contributed by atoms with van der Waals surface area (Å²) in [7, 11) is 0. The van der Waals surface area contributed by atoms with Gasteiger partial charge in [-0.2, -0.15) is 0 Å². The van der Waals surface area contributed by atoms with Crippen molar-refractivity contribution in [1.29, 1.82) is 0 Å². The molecule has 0 spiro atoms. The molecule has 0 aromatic rings. The number of nitrogens with one attached hydrogen (secondary N) is 1. The lowest BCUT2D eigenvalue weighted by Gasteiger charge is -2.30. The maximum Gasteiger partial charge on any atom is 0.223 e. The summed E-state index contributed by atoms with van der Waals surface area (Å²) in [6.45, 7) is 6.81. The average Bonchev–Trinajstić information content (AvgIpc) is 2.94. The van der Waals surface area contributed by atoms with Crippen LogP contribution in [0.4, 0.5) is 0 Å². The number of carbonyl (C=O) groups excluding carboxylic acids is 1. The zero-order valence-corrected chi connectivity index (χ0v) is 10.8. The molecule has 0 saturated heterocycles. The second-order valence-electron chi connectivity index (χ2n) is 6.18. The maximum absolute atomic E-state index is 12.0. The predicted molar refractivity (Wildman–Crippen MR) is 66.0 cm³/mol. The Balaban J connectivity index is 1.73. The van der Waals surface area contributed by atoms with E-state index < -0.39 is 0 Å². The molecule has 2 fully saturated rings. The molecule has 16 heavy (non-hydrogen) atoms. The summed E-state index contributed by atoms with van der Waals surface area (Å²) in [5, 5.41) is 3.18. The van der Waals surface area contributed by atoms with E-state index in [-0.39, 0.29) is 0 Å². The van der Waals surface area contributed by atoms with Gasteiger partial charge >= 0.3 is 0 Å². The van der Waals surface area contributed by atoms with Crippen molar-refractivity contribution in [2.45, 2.75) is 58.9 Å². The van der Waals surface area contributed by atoms with E-state index in [0.29, 0.717) is 17.9 Å². The second-order valence-corrected chi connectivity index (χ2v) is 6.18. The molecule has 0 bridgehead atoms. The fourth-order valence-electron chi connectivity index (χ4n) is 2.87. The lowest BCUT2D eigenvalue weighted by Crippen LogP contribution is -2.35. The number of amides is 1. The van der Waals surface area contributed by atoms with Crippen LogP contribution in [0.2, 0.25) is 0 Å². The van der Waals surface area contributed by atoms with Gasteiger partial charge in [-0.25, -0.2) is 0 Å². The van der Waals surface area contributed by atoms with Gasteiger partial charge in [0.2, 0.25) is 5.91 Å². The molecule has 0 heterocycles. The highest BCUT2D eigenvalue weighted by Crippen LogP contribution is 2.34. The summed E-state index contributed by atoms with van der Waals surface area (Å²) >= 11 is 0. The molecular weight excluding hydrogens is 198 g/mol. The van der Waals surface area contributed by atoms with Crippen LogP contribution in [-0.4, -0.2) is 11.9 Å². The van der Waals surface area contributed by atoms with Crippen LogP contribution in [0, 0.1) is 23.7 Å². The monoisotopic (exact) mass is 223 g/mol. The quantitative estimate of drug-likeness (QED) is 0.783. The molecule has 1 N–H and O–H groups in total. The molecule has 2 saturated carbocycles. The molecule has 92 valence electrons. The number of carbonyl (C=O) groups is 1. The summed E-state index contributed by atoms with van der Waals surface area (Å²) in [6.07, 6.45) is 5.89. The molecule has 2 aliphatic carbocycles. The summed E-state index contributed by atoms with van der Waals surface area (Å²) in [4.78, 5) is 12.0. The van der Waals surface area contributed by atoms with Crippen LogP contribution in [0.1, 0.15) is 52.9 Å². The summed E-state index contributed by atoms with van der Waals surface area (Å²) in [6, 6.07) is 0.496. The van der Waals surface area contributed by atoms with Gasteiger partial charge in [-0.05, 0) is 49.9 Å². The van der Waals surface area contributed by atoms with Crippen molar-refractivity contribution in [1.82, 2.24) is 5.32 Å². The molecule has 0 radical (unpaired) electrons. The van der Waals surface area contributed by atoms with E-state index in [4.69, 9.17) is 0 Å². The highest BCUT2D eigenvalue weighted by Gasteiger charge is 2.36. The summed E-state index contributed by atoms with van der Waals surface area (Å²) in [5.41, 5.74) is 0. The third-order valence-corrected chi connectivity index (χ3v) is 4.52. The number of hydrogen-bond acceptors (Lipinski definition) is 1. The minimum absolute atomic E-state index is 0.308. The van der Waals surface area contributed by atoms with E-state index in [1.165, 1.54) is 19.3 Å². The minimum Gasteiger partial charge on any atom is -0.353 e. The highest BCUT2D eigenvalue weighted by molar-refractivity contribution is 5.79. The van der Waals surface area contributed by atoms with Crippen LogP contribution in [-0.2, 0) is 4.79 Å². The smallest absolute Gasteiger partial charge is 0.223 e. The van der Waals surface area contributed by atoms with E-state index in [9.17, 15) is 4.79 Å². The van der Waals surface area contributed by atoms with Crippen molar-refractivity contribution in [3.63, 3.8) is 0 Å². The van der Waals surface area contributed by atoms with Gasteiger partial charge in [0.05, 0.1) is 0 Å². The van der Waals surface area contributed by atoms with Crippen LogP contribution >= 0.6 is 0 Å². The second kappa shape index (κ2) is 4.77. The fraction of sp³-hybridized carbons (Fsp3) is 0.929. The fourth-order valence-corrected chi connectivity index (χ4v) is 2.87. The molecule has 0 aromatic carbocycles. The van der Waals surface area contributed by atoms with Gasteiger partial charge < -0.3 is 5.32 Å². The van der Waals surface area contributed by atoms with Crippen LogP contribution in [0.5, 0.6) is 0 Å². The van der Waals surface area contributed by atoms with E-state index in [1.54, 1.807) is 0 Å². The Morgan fingerprint density at radius 2 is 1.75 bits per heavy atom. The molecule has 2 rings (SSSR count).